The normalized spacial score (nSPS) is 11.4. The monoisotopic (exact) mass is 234 g/mol. The Hall–Kier alpha value is -1.57. The predicted octanol–water partition coefficient (Wildman–Crippen LogP) is 3.96. The molecule has 2 nitrogen and oxygen atoms in total. The number of hydrogen-bond donors (Lipinski definition) is 0. The van der Waals surface area contributed by atoms with Gasteiger partial charge in [-0.2, -0.15) is 0 Å². The lowest BCUT2D eigenvalue weighted by molar-refractivity contribution is -0.134. The highest BCUT2D eigenvalue weighted by atomic mass is 16.5. The number of carbonyl (C=O) groups is 1. The minimum Gasteiger partial charge on any atom is -0.465 e. The van der Waals surface area contributed by atoms with Crippen LogP contribution < -0.4 is 0 Å². The highest BCUT2D eigenvalue weighted by Crippen LogP contribution is 2.18. The van der Waals surface area contributed by atoms with Crippen molar-refractivity contribution in [2.24, 2.45) is 0 Å². The molecular weight excluding hydrogens is 212 g/mol. The molecule has 94 valence electrons. The van der Waals surface area contributed by atoms with Crippen LogP contribution in [0.2, 0.25) is 0 Å². The van der Waals surface area contributed by atoms with Crippen LogP contribution in [-0.4, -0.2) is 12.6 Å². The van der Waals surface area contributed by atoms with E-state index < -0.39 is 0 Å². The first-order valence-electron chi connectivity index (χ1n) is 5.74. The summed E-state index contributed by atoms with van der Waals surface area (Å²) in [6.45, 7) is 17.7. The lowest BCUT2D eigenvalue weighted by atomic mass is 10.00. The molecule has 0 saturated heterocycles. The van der Waals surface area contributed by atoms with E-state index in [1.54, 1.807) is 6.08 Å². The Balaban J connectivity index is 4.10. The highest BCUT2D eigenvalue weighted by Gasteiger charge is 2.10. The molecule has 1 unspecified atom stereocenters. The second-order valence-electron chi connectivity index (χ2n) is 4.18. The molecule has 0 saturated carbocycles. The van der Waals surface area contributed by atoms with Gasteiger partial charge in [0.05, 0.1) is 0 Å². The lowest BCUT2D eigenvalue weighted by Gasteiger charge is -2.16. The van der Waals surface area contributed by atoms with Gasteiger partial charge in [-0.15, -0.1) is 0 Å². The van der Waals surface area contributed by atoms with E-state index in [1.807, 2.05) is 6.92 Å². The van der Waals surface area contributed by atoms with Gasteiger partial charge in [-0.05, 0) is 32.6 Å². The van der Waals surface area contributed by atoms with Crippen molar-refractivity contribution in [1.82, 2.24) is 0 Å². The fraction of sp³-hybridized carbons (Fsp3) is 0.400. The Bertz CT molecular complexity index is 313. The van der Waals surface area contributed by atoms with Crippen LogP contribution in [0.5, 0.6) is 0 Å². The summed E-state index contributed by atoms with van der Waals surface area (Å²) < 4.78 is 5.04. The second kappa shape index (κ2) is 8.57. The summed E-state index contributed by atoms with van der Waals surface area (Å²) in [6.07, 6.45) is 4.78. The van der Waals surface area contributed by atoms with Crippen molar-refractivity contribution >= 4 is 6.47 Å². The number of carbonyl (C=O) groups excluding carboxylic acids is 1. The van der Waals surface area contributed by atoms with Gasteiger partial charge in [0.2, 0.25) is 0 Å². The van der Waals surface area contributed by atoms with E-state index in [9.17, 15) is 4.79 Å². The van der Waals surface area contributed by atoms with Crippen molar-refractivity contribution in [2.75, 3.05) is 0 Å². The van der Waals surface area contributed by atoms with Crippen LogP contribution in [-0.2, 0) is 9.53 Å². The Labute approximate surface area is 104 Å². The largest absolute Gasteiger partial charge is 0.465 e. The van der Waals surface area contributed by atoms with Gasteiger partial charge >= 0.3 is 0 Å². The highest BCUT2D eigenvalue weighted by molar-refractivity contribution is 5.37. The molecule has 0 aliphatic carbocycles. The summed E-state index contributed by atoms with van der Waals surface area (Å²) in [5.74, 6) is 0. The molecule has 0 aliphatic rings. The maximum absolute atomic E-state index is 10.4. The molecule has 0 aromatic carbocycles. The van der Waals surface area contributed by atoms with Crippen LogP contribution in [0, 0.1) is 0 Å². The summed E-state index contributed by atoms with van der Waals surface area (Å²) in [5.41, 5.74) is 2.95. The first-order valence-corrected chi connectivity index (χ1v) is 5.74. The zero-order valence-corrected chi connectivity index (χ0v) is 10.7. The molecule has 17 heavy (non-hydrogen) atoms. The van der Waals surface area contributed by atoms with Crippen LogP contribution in [0.4, 0.5) is 0 Å². The van der Waals surface area contributed by atoms with Crippen molar-refractivity contribution < 1.29 is 9.53 Å². The van der Waals surface area contributed by atoms with Gasteiger partial charge in [0.1, 0.15) is 6.10 Å². The van der Waals surface area contributed by atoms with E-state index in [0.29, 0.717) is 6.47 Å². The topological polar surface area (TPSA) is 26.3 Å². The lowest BCUT2D eigenvalue weighted by Crippen LogP contribution is -2.12. The second-order valence-corrected chi connectivity index (χ2v) is 4.18. The predicted molar refractivity (Wildman–Crippen MR) is 72.7 cm³/mol. The van der Waals surface area contributed by atoms with Gasteiger partial charge in [0, 0.05) is 0 Å². The summed E-state index contributed by atoms with van der Waals surface area (Å²) >= 11 is 0. The van der Waals surface area contributed by atoms with Crippen molar-refractivity contribution in [2.45, 2.75) is 38.7 Å². The van der Waals surface area contributed by atoms with Crippen LogP contribution in [0.15, 0.2) is 49.1 Å². The van der Waals surface area contributed by atoms with Gasteiger partial charge in [-0.1, -0.05) is 49.1 Å². The van der Waals surface area contributed by atoms with Gasteiger partial charge in [0.25, 0.3) is 6.47 Å². The molecule has 0 fully saturated rings. The molecule has 0 N–H and O–H groups in total. The molecule has 0 aliphatic heterocycles. The van der Waals surface area contributed by atoms with Crippen LogP contribution >= 0.6 is 0 Å². The van der Waals surface area contributed by atoms with E-state index in [0.717, 1.165) is 42.4 Å². The maximum Gasteiger partial charge on any atom is 0.293 e. The molecule has 0 aromatic heterocycles. The number of ether oxygens (including phenoxy) is 1. The summed E-state index contributed by atoms with van der Waals surface area (Å²) in [5, 5.41) is 0. The van der Waals surface area contributed by atoms with Crippen molar-refractivity contribution in [3.63, 3.8) is 0 Å². The molecule has 2 heteroatoms. The SMILES string of the molecule is C=CC(=C)CCC(CCC(=C)C(=C)C)OC=O. The third kappa shape index (κ3) is 7.34. The molecular formula is C15H22O2. The quantitative estimate of drug-likeness (QED) is 0.422. The Morgan fingerprint density at radius 1 is 1.24 bits per heavy atom. The van der Waals surface area contributed by atoms with Gasteiger partial charge in [-0.3, -0.25) is 4.79 Å². The fourth-order valence-electron chi connectivity index (χ4n) is 1.36. The minimum atomic E-state index is -0.0831. The minimum absolute atomic E-state index is 0.0831. The van der Waals surface area contributed by atoms with E-state index >= 15 is 0 Å². The molecule has 1 atom stereocenters. The third-order valence-electron chi connectivity index (χ3n) is 2.70. The fourth-order valence-corrected chi connectivity index (χ4v) is 1.36. The van der Waals surface area contributed by atoms with Gasteiger partial charge in [0.15, 0.2) is 0 Å². The average molecular weight is 234 g/mol. The molecule has 0 amide bonds. The van der Waals surface area contributed by atoms with E-state index in [-0.39, 0.29) is 6.10 Å². The molecule has 0 radical (unpaired) electrons. The van der Waals surface area contributed by atoms with Crippen molar-refractivity contribution in [3.05, 3.63) is 49.1 Å². The standard InChI is InChI=1S/C15H22O2/c1-6-13(4)7-9-15(17-11-16)10-8-14(5)12(2)3/h6,11,15H,1-2,4-5,7-10H2,3H3. The number of hydrogen-bond acceptors (Lipinski definition) is 2. The van der Waals surface area contributed by atoms with E-state index in [4.69, 9.17) is 4.74 Å². The molecule has 0 bridgehead atoms. The van der Waals surface area contributed by atoms with Crippen LogP contribution in [0.3, 0.4) is 0 Å². The zero-order chi connectivity index (χ0) is 13.3. The van der Waals surface area contributed by atoms with Crippen molar-refractivity contribution in [1.29, 1.82) is 0 Å². The smallest absolute Gasteiger partial charge is 0.293 e. The Kier molecular flexibility index (Phi) is 7.78. The maximum atomic E-state index is 10.4. The zero-order valence-electron chi connectivity index (χ0n) is 10.7. The summed E-state index contributed by atoms with van der Waals surface area (Å²) in [6, 6.07) is 0. The summed E-state index contributed by atoms with van der Waals surface area (Å²) in [7, 11) is 0. The summed E-state index contributed by atoms with van der Waals surface area (Å²) in [4.78, 5) is 10.4. The third-order valence-corrected chi connectivity index (χ3v) is 2.70. The Morgan fingerprint density at radius 2 is 1.82 bits per heavy atom. The molecule has 0 heterocycles. The number of rotatable bonds is 10. The average Bonchev–Trinajstić information content (AvgIpc) is 2.31. The first-order chi connectivity index (χ1) is 8.01. The van der Waals surface area contributed by atoms with Crippen LogP contribution in [0.25, 0.3) is 0 Å². The van der Waals surface area contributed by atoms with Crippen molar-refractivity contribution in [3.8, 4) is 0 Å². The molecule has 0 aromatic rings. The van der Waals surface area contributed by atoms with E-state index in [2.05, 4.69) is 26.3 Å². The van der Waals surface area contributed by atoms with E-state index in [1.165, 1.54) is 0 Å². The van der Waals surface area contributed by atoms with Gasteiger partial charge < -0.3 is 4.74 Å². The molecule has 0 rings (SSSR count). The first kappa shape index (κ1) is 15.4. The van der Waals surface area contributed by atoms with Gasteiger partial charge in [-0.25, -0.2) is 0 Å². The Morgan fingerprint density at radius 3 is 2.29 bits per heavy atom. The number of allylic oxidation sites excluding steroid dienone is 4. The molecule has 0 spiro atoms. The van der Waals surface area contributed by atoms with Crippen LogP contribution in [0.1, 0.15) is 32.6 Å².